The van der Waals surface area contributed by atoms with Crippen molar-refractivity contribution in [3.05, 3.63) is 28.5 Å². The molecule has 1 aliphatic rings. The van der Waals surface area contributed by atoms with Crippen LogP contribution in [0.25, 0.3) is 0 Å². The first-order valence-corrected chi connectivity index (χ1v) is 6.24. The van der Waals surface area contributed by atoms with Crippen LogP contribution in [0, 0.1) is 5.82 Å². The average Bonchev–Trinajstić information content (AvgIpc) is 2.76. The van der Waals surface area contributed by atoms with Crippen LogP contribution in [-0.2, 0) is 4.74 Å². The number of rotatable bonds is 4. The molecule has 1 aliphatic heterocycles. The van der Waals surface area contributed by atoms with Gasteiger partial charge >= 0.3 is 0 Å². The molecular weight excluding hydrogens is 275 g/mol. The van der Waals surface area contributed by atoms with Crippen LogP contribution >= 0.6 is 15.9 Å². The fourth-order valence-corrected chi connectivity index (χ4v) is 2.10. The standard InChI is InChI=1S/C12H14BrFO2/c13-11-8-10(3-4-12(11)14)16-7-5-9-2-1-6-15-9/h3-4,8-9H,1-2,5-7H2. The Morgan fingerprint density at radius 2 is 2.38 bits per heavy atom. The second kappa shape index (κ2) is 5.64. The summed E-state index contributed by atoms with van der Waals surface area (Å²) < 4.78 is 24.4. The first kappa shape index (κ1) is 11.9. The highest BCUT2D eigenvalue weighted by molar-refractivity contribution is 9.10. The molecular formula is C12H14BrFO2. The largest absolute Gasteiger partial charge is 0.493 e. The van der Waals surface area contributed by atoms with Gasteiger partial charge < -0.3 is 9.47 Å². The molecule has 1 heterocycles. The van der Waals surface area contributed by atoms with Crippen molar-refractivity contribution in [2.75, 3.05) is 13.2 Å². The van der Waals surface area contributed by atoms with Gasteiger partial charge in [-0.2, -0.15) is 0 Å². The van der Waals surface area contributed by atoms with E-state index in [0.717, 1.165) is 25.9 Å². The first-order valence-electron chi connectivity index (χ1n) is 5.45. The SMILES string of the molecule is Fc1ccc(OCCC2CCCO2)cc1Br. The number of ether oxygens (including phenoxy) is 2. The fraction of sp³-hybridized carbons (Fsp3) is 0.500. The van der Waals surface area contributed by atoms with Gasteiger partial charge in [0.15, 0.2) is 0 Å². The second-order valence-electron chi connectivity index (χ2n) is 3.85. The maximum atomic E-state index is 12.9. The molecule has 0 saturated carbocycles. The highest BCUT2D eigenvalue weighted by Crippen LogP contribution is 2.22. The monoisotopic (exact) mass is 288 g/mol. The van der Waals surface area contributed by atoms with E-state index in [4.69, 9.17) is 9.47 Å². The lowest BCUT2D eigenvalue weighted by molar-refractivity contribution is 0.0903. The van der Waals surface area contributed by atoms with Crippen molar-refractivity contribution in [3.8, 4) is 5.75 Å². The van der Waals surface area contributed by atoms with E-state index in [1.165, 1.54) is 6.07 Å². The molecule has 1 unspecified atom stereocenters. The zero-order valence-corrected chi connectivity index (χ0v) is 10.5. The van der Waals surface area contributed by atoms with Gasteiger partial charge in [-0.3, -0.25) is 0 Å². The molecule has 0 aromatic heterocycles. The van der Waals surface area contributed by atoms with Gasteiger partial charge in [-0.05, 0) is 47.0 Å². The molecule has 0 N–H and O–H groups in total. The van der Waals surface area contributed by atoms with Crippen LogP contribution in [-0.4, -0.2) is 19.3 Å². The molecule has 0 radical (unpaired) electrons. The molecule has 1 fully saturated rings. The number of benzene rings is 1. The van der Waals surface area contributed by atoms with Gasteiger partial charge in [-0.1, -0.05) is 0 Å². The van der Waals surface area contributed by atoms with Crippen molar-refractivity contribution in [3.63, 3.8) is 0 Å². The van der Waals surface area contributed by atoms with Crippen molar-refractivity contribution in [1.29, 1.82) is 0 Å². The maximum Gasteiger partial charge on any atom is 0.137 e. The average molecular weight is 289 g/mol. The Labute approximate surface area is 103 Å². The molecule has 2 nitrogen and oxygen atoms in total. The third-order valence-corrected chi connectivity index (χ3v) is 3.23. The Morgan fingerprint density at radius 1 is 1.50 bits per heavy atom. The van der Waals surface area contributed by atoms with Crippen molar-refractivity contribution >= 4 is 15.9 Å². The minimum Gasteiger partial charge on any atom is -0.493 e. The van der Waals surface area contributed by atoms with Crippen molar-refractivity contribution in [1.82, 2.24) is 0 Å². The molecule has 0 bridgehead atoms. The lowest BCUT2D eigenvalue weighted by Gasteiger charge is -2.10. The summed E-state index contributed by atoms with van der Waals surface area (Å²) in [4.78, 5) is 0. The van der Waals surface area contributed by atoms with E-state index in [9.17, 15) is 4.39 Å². The maximum absolute atomic E-state index is 12.9. The van der Waals surface area contributed by atoms with Crippen molar-refractivity contribution in [2.24, 2.45) is 0 Å². The lowest BCUT2D eigenvalue weighted by Crippen LogP contribution is -2.10. The summed E-state index contributed by atoms with van der Waals surface area (Å²) in [7, 11) is 0. The number of hydrogen-bond donors (Lipinski definition) is 0. The smallest absolute Gasteiger partial charge is 0.137 e. The molecule has 1 atom stereocenters. The van der Waals surface area contributed by atoms with E-state index in [2.05, 4.69) is 15.9 Å². The Hall–Kier alpha value is -0.610. The molecule has 1 aromatic rings. The van der Waals surface area contributed by atoms with Gasteiger partial charge in [0.25, 0.3) is 0 Å². The van der Waals surface area contributed by atoms with E-state index < -0.39 is 0 Å². The minimum absolute atomic E-state index is 0.272. The van der Waals surface area contributed by atoms with E-state index in [-0.39, 0.29) is 5.82 Å². The van der Waals surface area contributed by atoms with Crippen LogP contribution in [0.3, 0.4) is 0 Å². The Kier molecular flexibility index (Phi) is 4.18. The third kappa shape index (κ3) is 3.19. The zero-order valence-electron chi connectivity index (χ0n) is 8.92. The van der Waals surface area contributed by atoms with Gasteiger partial charge in [-0.15, -0.1) is 0 Å². The zero-order chi connectivity index (χ0) is 11.4. The minimum atomic E-state index is -0.272. The number of hydrogen-bond acceptors (Lipinski definition) is 2. The van der Waals surface area contributed by atoms with Gasteiger partial charge in [0.05, 0.1) is 17.2 Å². The number of halogens is 2. The normalized spacial score (nSPS) is 20.0. The predicted molar refractivity (Wildman–Crippen MR) is 63.2 cm³/mol. The quantitative estimate of drug-likeness (QED) is 0.844. The van der Waals surface area contributed by atoms with Crippen LogP contribution in [0.15, 0.2) is 22.7 Å². The van der Waals surface area contributed by atoms with E-state index in [0.29, 0.717) is 22.9 Å². The third-order valence-electron chi connectivity index (χ3n) is 2.62. The van der Waals surface area contributed by atoms with E-state index in [1.54, 1.807) is 12.1 Å². The molecule has 1 saturated heterocycles. The Morgan fingerprint density at radius 3 is 3.06 bits per heavy atom. The summed E-state index contributed by atoms with van der Waals surface area (Å²) in [5.41, 5.74) is 0. The van der Waals surface area contributed by atoms with Crippen molar-refractivity contribution in [2.45, 2.75) is 25.4 Å². The summed E-state index contributed by atoms with van der Waals surface area (Å²) >= 11 is 3.12. The van der Waals surface area contributed by atoms with Crippen LogP contribution in [0.2, 0.25) is 0 Å². The van der Waals surface area contributed by atoms with Crippen LogP contribution in [0.4, 0.5) is 4.39 Å². The summed E-state index contributed by atoms with van der Waals surface area (Å²) in [5.74, 6) is 0.415. The molecule has 88 valence electrons. The van der Waals surface area contributed by atoms with Crippen LogP contribution in [0.5, 0.6) is 5.75 Å². The van der Waals surface area contributed by atoms with E-state index in [1.807, 2.05) is 0 Å². The Balaban J connectivity index is 1.78. The van der Waals surface area contributed by atoms with Gasteiger partial charge in [0, 0.05) is 13.0 Å². The predicted octanol–water partition coefficient (Wildman–Crippen LogP) is 3.54. The summed E-state index contributed by atoms with van der Waals surface area (Å²) in [5, 5.41) is 0. The lowest BCUT2D eigenvalue weighted by atomic mass is 10.2. The molecule has 1 aromatic carbocycles. The fourth-order valence-electron chi connectivity index (χ4n) is 1.75. The van der Waals surface area contributed by atoms with Crippen LogP contribution < -0.4 is 4.74 Å². The van der Waals surface area contributed by atoms with Crippen LogP contribution in [0.1, 0.15) is 19.3 Å². The van der Waals surface area contributed by atoms with Gasteiger partial charge in [0.2, 0.25) is 0 Å². The summed E-state index contributed by atoms with van der Waals surface area (Å²) in [6, 6.07) is 4.67. The van der Waals surface area contributed by atoms with Gasteiger partial charge in [-0.25, -0.2) is 4.39 Å². The summed E-state index contributed by atoms with van der Waals surface area (Å²) in [6.45, 7) is 1.48. The molecule has 0 amide bonds. The van der Waals surface area contributed by atoms with Crippen molar-refractivity contribution < 1.29 is 13.9 Å². The molecule has 16 heavy (non-hydrogen) atoms. The topological polar surface area (TPSA) is 18.5 Å². The molecule has 0 spiro atoms. The highest BCUT2D eigenvalue weighted by atomic mass is 79.9. The molecule has 4 heteroatoms. The summed E-state index contributed by atoms with van der Waals surface area (Å²) in [6.07, 6.45) is 3.50. The second-order valence-corrected chi connectivity index (χ2v) is 4.70. The van der Waals surface area contributed by atoms with Gasteiger partial charge in [0.1, 0.15) is 11.6 Å². The molecule has 2 rings (SSSR count). The highest BCUT2D eigenvalue weighted by Gasteiger charge is 2.15. The Bertz CT molecular complexity index is 351. The van der Waals surface area contributed by atoms with E-state index >= 15 is 0 Å². The first-order chi connectivity index (χ1) is 7.75. The molecule has 0 aliphatic carbocycles.